The number of carboxylic acids is 1. The van der Waals surface area contributed by atoms with E-state index in [4.69, 9.17) is 17.2 Å². The number of nitrogens with one attached hydrogen (secondary N) is 5. The van der Waals surface area contributed by atoms with Crippen LogP contribution >= 0.6 is 0 Å². The Morgan fingerprint density at radius 1 is 0.852 bits per heavy atom. The van der Waals surface area contributed by atoms with Crippen LogP contribution in [0.3, 0.4) is 0 Å². The van der Waals surface area contributed by atoms with Crippen LogP contribution in [-0.2, 0) is 40.0 Å². The molecule has 0 spiro atoms. The van der Waals surface area contributed by atoms with Crippen molar-refractivity contribution in [3.8, 4) is 5.75 Å². The number of carbonyl (C=O) groups excluding carboxylic acids is 6. The van der Waals surface area contributed by atoms with Gasteiger partial charge in [0.1, 0.15) is 23.9 Å². The Balaban J connectivity index is 2.46. The van der Waals surface area contributed by atoms with Gasteiger partial charge in [-0.2, -0.15) is 0 Å². The molecule has 1 fully saturated rings. The van der Waals surface area contributed by atoms with E-state index in [-0.39, 0.29) is 69.6 Å². The number of phenolic OH excluding ortho intramolecular Hbond substituents is 1. The topological polar surface area (TPSA) is 298 Å². The van der Waals surface area contributed by atoms with Crippen molar-refractivity contribution < 1.29 is 43.8 Å². The number of aliphatic carboxylic acids is 1. The number of unbranched alkanes of at least 4 members (excludes halogenated alkanes) is 2. The molecule has 302 valence electrons. The zero-order valence-corrected chi connectivity index (χ0v) is 31.4. The number of carbonyl (C=O) groups is 7. The monoisotopic (exact) mass is 760 g/mol. The largest absolute Gasteiger partial charge is 0.508 e. The second-order valence-electron chi connectivity index (χ2n) is 14.3. The van der Waals surface area contributed by atoms with E-state index in [0.29, 0.717) is 44.3 Å². The number of carboxylic acid groups (broad SMARTS) is 1. The molecule has 5 amide bonds. The van der Waals surface area contributed by atoms with Crippen molar-refractivity contribution in [1.82, 2.24) is 26.6 Å². The highest BCUT2D eigenvalue weighted by atomic mass is 16.4. The standard InChI is InChI=1S/C37H60N8O9/c1-22(2)19-24(37(53)54)21-31(47)30(20-23-9-11-25(46)12-10-23)45-36(52)29-13-14-32(48)41-18-15-26(40)33(49)42-27(7-3-5-16-38)34(50)43-28(35(51)44-29)8-4-6-17-39/h9-12,22,24,26-30,46H,3-8,13-21,38-40H2,1-2H3,(H,41,48)(H,42,49)(H,43,50)(H,44,51)(H,45,52)(H,53,54)/t24-,26+,27+,28+,29+,30+/m1/s1. The van der Waals surface area contributed by atoms with Crippen LogP contribution in [0.25, 0.3) is 0 Å². The predicted molar refractivity (Wildman–Crippen MR) is 200 cm³/mol. The molecule has 1 aliphatic rings. The Morgan fingerprint density at radius 3 is 1.98 bits per heavy atom. The van der Waals surface area contributed by atoms with Gasteiger partial charge >= 0.3 is 5.97 Å². The van der Waals surface area contributed by atoms with Gasteiger partial charge in [-0.25, -0.2) is 0 Å². The van der Waals surface area contributed by atoms with E-state index in [1.165, 1.54) is 12.1 Å². The summed E-state index contributed by atoms with van der Waals surface area (Å²) in [6, 6.07) is 0.134. The zero-order valence-electron chi connectivity index (χ0n) is 31.4. The van der Waals surface area contributed by atoms with Gasteiger partial charge in [-0.05, 0) is 101 Å². The molecule has 2 rings (SSSR count). The second kappa shape index (κ2) is 23.9. The molecule has 6 atom stereocenters. The molecular formula is C37H60N8O9. The fourth-order valence-corrected chi connectivity index (χ4v) is 6.09. The molecule has 13 N–H and O–H groups in total. The molecule has 0 unspecified atom stereocenters. The molecular weight excluding hydrogens is 700 g/mol. The van der Waals surface area contributed by atoms with Gasteiger partial charge in [-0.15, -0.1) is 0 Å². The molecule has 0 radical (unpaired) electrons. The Hall–Kier alpha value is -4.61. The first-order valence-electron chi connectivity index (χ1n) is 18.8. The van der Waals surface area contributed by atoms with Crippen LogP contribution in [0.4, 0.5) is 0 Å². The van der Waals surface area contributed by atoms with Crippen LogP contribution in [0, 0.1) is 11.8 Å². The lowest BCUT2D eigenvalue weighted by Gasteiger charge is -2.27. The number of rotatable bonds is 18. The highest BCUT2D eigenvalue weighted by Gasteiger charge is 2.33. The summed E-state index contributed by atoms with van der Waals surface area (Å²) in [6.45, 7) is 4.39. The lowest BCUT2D eigenvalue weighted by Crippen LogP contribution is -2.59. The first kappa shape index (κ1) is 45.5. The van der Waals surface area contributed by atoms with Gasteiger partial charge in [0.25, 0.3) is 0 Å². The molecule has 0 saturated carbocycles. The SMILES string of the molecule is CC(C)C[C@H](CC(=O)[C@H](Cc1ccc(O)cc1)NC(=O)[C@@H]1CCC(=O)NCC[C@H](N)C(=O)N[C@@H](CCCCN)C(=O)N[C@@H](CCCCN)C(=O)N1)C(=O)O. The Kier molecular flexibility index (Phi) is 20.2. The Bertz CT molecular complexity index is 1410. The molecule has 0 aromatic heterocycles. The van der Waals surface area contributed by atoms with Crippen molar-refractivity contribution in [2.24, 2.45) is 29.0 Å². The van der Waals surface area contributed by atoms with Gasteiger partial charge in [0.2, 0.25) is 29.5 Å². The van der Waals surface area contributed by atoms with Gasteiger partial charge in [-0.1, -0.05) is 26.0 Å². The number of benzene rings is 1. The van der Waals surface area contributed by atoms with Crippen molar-refractivity contribution in [3.63, 3.8) is 0 Å². The van der Waals surface area contributed by atoms with E-state index in [1.807, 2.05) is 13.8 Å². The minimum Gasteiger partial charge on any atom is -0.508 e. The quantitative estimate of drug-likeness (QED) is 0.0845. The van der Waals surface area contributed by atoms with Crippen molar-refractivity contribution in [2.75, 3.05) is 19.6 Å². The fourth-order valence-electron chi connectivity index (χ4n) is 6.09. The summed E-state index contributed by atoms with van der Waals surface area (Å²) >= 11 is 0. The van der Waals surface area contributed by atoms with Crippen LogP contribution in [0.15, 0.2) is 24.3 Å². The van der Waals surface area contributed by atoms with Gasteiger partial charge < -0.3 is 54.0 Å². The van der Waals surface area contributed by atoms with Crippen molar-refractivity contribution in [1.29, 1.82) is 0 Å². The highest BCUT2D eigenvalue weighted by Crippen LogP contribution is 2.19. The van der Waals surface area contributed by atoms with E-state index >= 15 is 0 Å². The van der Waals surface area contributed by atoms with Crippen LogP contribution in [0.2, 0.25) is 0 Å². The Morgan fingerprint density at radius 2 is 1.43 bits per heavy atom. The molecule has 17 nitrogen and oxygen atoms in total. The van der Waals surface area contributed by atoms with E-state index in [2.05, 4.69) is 26.6 Å². The normalized spacial score (nSPS) is 21.6. The lowest BCUT2D eigenvalue weighted by molar-refractivity contribution is -0.144. The molecule has 1 saturated heterocycles. The lowest BCUT2D eigenvalue weighted by atomic mass is 9.89. The van der Waals surface area contributed by atoms with Crippen molar-refractivity contribution >= 4 is 41.3 Å². The highest BCUT2D eigenvalue weighted by molar-refractivity contribution is 5.97. The van der Waals surface area contributed by atoms with Gasteiger partial charge in [0, 0.05) is 19.4 Å². The molecule has 54 heavy (non-hydrogen) atoms. The number of hydrogen-bond donors (Lipinski definition) is 10. The predicted octanol–water partition coefficient (Wildman–Crippen LogP) is -0.535. The average molecular weight is 761 g/mol. The maximum atomic E-state index is 14.0. The summed E-state index contributed by atoms with van der Waals surface area (Å²) in [5, 5.41) is 33.0. The minimum atomic E-state index is -1.35. The third-order valence-electron chi connectivity index (χ3n) is 9.20. The molecule has 1 aromatic rings. The number of aromatic hydroxyl groups is 1. The maximum Gasteiger partial charge on any atom is 0.306 e. The van der Waals surface area contributed by atoms with Gasteiger partial charge in [-0.3, -0.25) is 33.6 Å². The van der Waals surface area contributed by atoms with E-state index < -0.39 is 77.4 Å². The zero-order chi connectivity index (χ0) is 40.2. The summed E-state index contributed by atoms with van der Waals surface area (Å²) in [6.07, 6.45) is 1.86. The van der Waals surface area contributed by atoms with E-state index in [1.54, 1.807) is 12.1 Å². The van der Waals surface area contributed by atoms with Gasteiger partial charge in [0.05, 0.1) is 18.0 Å². The first-order valence-corrected chi connectivity index (χ1v) is 18.8. The smallest absolute Gasteiger partial charge is 0.306 e. The van der Waals surface area contributed by atoms with Crippen molar-refractivity contribution in [2.45, 2.75) is 121 Å². The molecule has 0 aliphatic carbocycles. The number of Topliss-reactive ketones (excluding diaryl/α,β-unsaturated/α-hetero) is 1. The molecule has 0 bridgehead atoms. The first-order chi connectivity index (χ1) is 25.6. The van der Waals surface area contributed by atoms with Crippen LogP contribution in [0.5, 0.6) is 5.75 Å². The number of amides is 5. The number of hydrogen-bond acceptors (Lipinski definition) is 11. The van der Waals surface area contributed by atoms with Crippen LogP contribution in [0.1, 0.15) is 90.0 Å². The van der Waals surface area contributed by atoms with Crippen molar-refractivity contribution in [3.05, 3.63) is 29.8 Å². The average Bonchev–Trinajstić information content (AvgIpc) is 3.11. The third kappa shape index (κ3) is 16.6. The molecule has 1 heterocycles. The number of phenols is 1. The maximum absolute atomic E-state index is 14.0. The summed E-state index contributed by atoms with van der Waals surface area (Å²) in [4.78, 5) is 93.0. The Labute approximate surface area is 316 Å². The van der Waals surface area contributed by atoms with E-state index in [9.17, 15) is 43.8 Å². The summed E-state index contributed by atoms with van der Waals surface area (Å²) < 4.78 is 0. The van der Waals surface area contributed by atoms with E-state index in [0.717, 1.165) is 0 Å². The number of ketones is 1. The fraction of sp³-hybridized carbons (Fsp3) is 0.649. The minimum absolute atomic E-state index is 0.0140. The van der Waals surface area contributed by atoms with Crippen LogP contribution < -0.4 is 43.8 Å². The van der Waals surface area contributed by atoms with Crippen LogP contribution in [-0.4, -0.2) is 101 Å². The summed E-state index contributed by atoms with van der Waals surface area (Å²) in [5.74, 6) is -5.97. The molecule has 1 aromatic carbocycles. The van der Waals surface area contributed by atoms with Gasteiger partial charge in [0.15, 0.2) is 5.78 Å². The number of nitrogens with two attached hydrogens (primary N) is 3. The summed E-state index contributed by atoms with van der Waals surface area (Å²) in [5.41, 5.74) is 18.0. The summed E-state index contributed by atoms with van der Waals surface area (Å²) in [7, 11) is 0. The second-order valence-corrected chi connectivity index (χ2v) is 14.3. The third-order valence-corrected chi connectivity index (χ3v) is 9.20. The molecule has 17 heteroatoms. The molecule has 1 aliphatic heterocycles.